The number of nitrogens with one attached hydrogen (secondary N) is 1. The number of para-hydroxylation sites is 1. The number of nitrogens with zero attached hydrogens (tertiary/aromatic N) is 1. The second kappa shape index (κ2) is 11.6. The third kappa shape index (κ3) is 5.00. The zero-order chi connectivity index (χ0) is 33.0. The van der Waals surface area contributed by atoms with E-state index in [2.05, 4.69) is 177 Å². The Kier molecular flexibility index (Phi) is 6.91. The predicted octanol–water partition coefficient (Wildman–Crippen LogP) is 12.2. The maximum absolute atomic E-state index is 5.41. The number of benzene rings is 8. The van der Waals surface area contributed by atoms with E-state index in [0.717, 1.165) is 17.1 Å². The maximum Gasteiger partial charge on any atom is 0.134 e. The Bertz CT molecular complexity index is 2580. The smallest absolute Gasteiger partial charge is 0.134 e. The van der Waals surface area contributed by atoms with Crippen LogP contribution in [0.1, 0.15) is 36.1 Å². The van der Waals surface area contributed by atoms with Crippen LogP contribution in [-0.2, 0) is 12.0 Å². The average Bonchev–Trinajstić information content (AvgIpc) is 3.38. The summed E-state index contributed by atoms with van der Waals surface area (Å²) in [6.07, 6.45) is 0. The molecule has 2 heteroatoms. The summed E-state index contributed by atoms with van der Waals surface area (Å²) < 4.78 is 0. The summed E-state index contributed by atoms with van der Waals surface area (Å²) in [5, 5.41) is 11.0. The number of hydrogen-bond donors (Lipinski definition) is 1. The Morgan fingerprint density at radius 3 is 2.10 bits per heavy atom. The maximum atomic E-state index is 5.41. The molecular formula is C47H36N2. The predicted molar refractivity (Wildman–Crippen MR) is 209 cm³/mol. The molecule has 0 aromatic heterocycles. The molecule has 0 atom stereocenters. The molecule has 1 aliphatic rings. The lowest BCUT2D eigenvalue weighted by molar-refractivity contribution is 0.660. The van der Waals surface area contributed by atoms with E-state index in [-0.39, 0.29) is 5.41 Å². The third-order valence-corrected chi connectivity index (χ3v) is 10.3. The highest BCUT2D eigenvalue weighted by Gasteiger charge is 2.35. The Labute approximate surface area is 287 Å². The highest BCUT2D eigenvalue weighted by molar-refractivity contribution is 6.28. The second-order valence-electron chi connectivity index (χ2n) is 13.6. The Morgan fingerprint density at radius 1 is 0.531 bits per heavy atom. The summed E-state index contributed by atoms with van der Waals surface area (Å²) in [6.45, 7) is 5.21. The van der Waals surface area contributed by atoms with Crippen LogP contribution in [0.2, 0.25) is 0 Å². The number of rotatable bonds is 5. The van der Waals surface area contributed by atoms with Gasteiger partial charge in [-0.25, -0.2) is 0 Å². The Hall–Kier alpha value is -5.99. The van der Waals surface area contributed by atoms with Gasteiger partial charge in [0.25, 0.3) is 0 Å². The van der Waals surface area contributed by atoms with Gasteiger partial charge in [-0.1, -0.05) is 147 Å². The van der Waals surface area contributed by atoms with Crippen molar-refractivity contribution in [2.24, 2.45) is 4.99 Å². The first-order chi connectivity index (χ1) is 24.0. The summed E-state index contributed by atoms with van der Waals surface area (Å²) in [6, 6.07) is 59.2. The van der Waals surface area contributed by atoms with Crippen molar-refractivity contribution in [1.29, 1.82) is 0 Å². The van der Waals surface area contributed by atoms with Crippen LogP contribution in [-0.4, -0.2) is 5.84 Å². The van der Waals surface area contributed by atoms with Gasteiger partial charge in [0.15, 0.2) is 0 Å². The molecule has 0 fully saturated rings. The molecule has 0 spiro atoms. The van der Waals surface area contributed by atoms with Gasteiger partial charge in [-0.3, -0.25) is 4.99 Å². The fourth-order valence-corrected chi connectivity index (χ4v) is 7.85. The molecule has 0 aliphatic heterocycles. The molecule has 0 bridgehead atoms. The molecular weight excluding hydrogens is 593 g/mol. The first-order valence-electron chi connectivity index (χ1n) is 17.1. The van der Waals surface area contributed by atoms with E-state index < -0.39 is 0 Å². The average molecular weight is 629 g/mol. The highest BCUT2D eigenvalue weighted by Crippen LogP contribution is 2.49. The molecule has 0 unspecified atom stereocenters. The minimum absolute atomic E-state index is 0.000280. The highest BCUT2D eigenvalue weighted by atomic mass is 15.0. The van der Waals surface area contributed by atoms with E-state index in [4.69, 9.17) is 4.99 Å². The van der Waals surface area contributed by atoms with Crippen LogP contribution >= 0.6 is 0 Å². The number of aliphatic imine (C=N–C) groups is 1. The van der Waals surface area contributed by atoms with Gasteiger partial charge in [0.1, 0.15) is 5.84 Å². The van der Waals surface area contributed by atoms with Gasteiger partial charge in [-0.15, -0.1) is 0 Å². The summed E-state index contributed by atoms with van der Waals surface area (Å²) in [5.74, 6) is 0.867. The Morgan fingerprint density at radius 2 is 1.22 bits per heavy atom. The van der Waals surface area contributed by atoms with Crippen molar-refractivity contribution in [3.05, 3.63) is 186 Å². The Balaban J connectivity index is 1.17. The first kappa shape index (κ1) is 29.2. The standard InChI is InChI=1S/C47H36N2/c1-47(2)42-22-11-10-21-40(42)41-29-34(25-26-43(41)47)33-16-12-13-31(27-33)30-48-46(49-37-17-4-3-5-18-37)45-39-20-9-7-15-35(39)28-36-24-23-32-14-6-8-19-38(32)44(36)45/h3-29H,30H2,1-2H3,(H,48,49). The van der Waals surface area contributed by atoms with E-state index in [1.54, 1.807) is 0 Å². The summed E-state index contributed by atoms with van der Waals surface area (Å²) >= 11 is 0. The van der Waals surface area contributed by atoms with Crippen LogP contribution in [0.4, 0.5) is 5.69 Å². The zero-order valence-corrected chi connectivity index (χ0v) is 27.7. The molecule has 1 N–H and O–H groups in total. The first-order valence-corrected chi connectivity index (χ1v) is 17.1. The molecule has 8 aromatic rings. The van der Waals surface area contributed by atoms with Gasteiger partial charge in [-0.2, -0.15) is 0 Å². The van der Waals surface area contributed by atoms with Gasteiger partial charge in [0, 0.05) is 22.1 Å². The molecule has 0 saturated carbocycles. The topological polar surface area (TPSA) is 24.4 Å². The molecule has 0 saturated heterocycles. The SMILES string of the molecule is CC1(C)c2ccccc2-c2cc(-c3cccc(CN=C(Nc4ccccc4)c4c5ccccc5cc5ccc6ccccc6c45)c3)ccc21. The van der Waals surface area contributed by atoms with Crippen molar-refractivity contribution in [1.82, 2.24) is 0 Å². The second-order valence-corrected chi connectivity index (χ2v) is 13.6. The van der Waals surface area contributed by atoms with Gasteiger partial charge < -0.3 is 5.32 Å². The minimum atomic E-state index is 0.000280. The molecule has 1 aliphatic carbocycles. The van der Waals surface area contributed by atoms with Crippen LogP contribution in [0.15, 0.2) is 169 Å². The van der Waals surface area contributed by atoms with E-state index >= 15 is 0 Å². The summed E-state index contributed by atoms with van der Waals surface area (Å²) in [4.78, 5) is 5.41. The minimum Gasteiger partial charge on any atom is -0.340 e. The summed E-state index contributed by atoms with van der Waals surface area (Å²) in [7, 11) is 0. The normalized spacial score (nSPS) is 13.5. The van der Waals surface area contributed by atoms with Crippen molar-refractivity contribution >= 4 is 43.8 Å². The lowest BCUT2D eigenvalue weighted by Gasteiger charge is -2.21. The van der Waals surface area contributed by atoms with Crippen LogP contribution < -0.4 is 5.32 Å². The van der Waals surface area contributed by atoms with Crippen LogP contribution in [0, 0.1) is 0 Å². The van der Waals surface area contributed by atoms with E-state index in [0.29, 0.717) is 6.54 Å². The molecule has 0 radical (unpaired) electrons. The van der Waals surface area contributed by atoms with Crippen molar-refractivity contribution in [3.8, 4) is 22.3 Å². The van der Waals surface area contributed by atoms with Gasteiger partial charge in [0.2, 0.25) is 0 Å². The quantitative estimate of drug-likeness (QED) is 0.0872. The van der Waals surface area contributed by atoms with Crippen LogP contribution in [0.5, 0.6) is 0 Å². The molecule has 2 nitrogen and oxygen atoms in total. The fourth-order valence-electron chi connectivity index (χ4n) is 7.85. The molecule has 9 rings (SSSR count). The van der Waals surface area contributed by atoms with Gasteiger partial charge in [-0.05, 0) is 96.2 Å². The third-order valence-electron chi connectivity index (χ3n) is 10.3. The van der Waals surface area contributed by atoms with Gasteiger partial charge in [0.05, 0.1) is 6.54 Å². The largest absolute Gasteiger partial charge is 0.340 e. The number of fused-ring (bicyclic) bond motifs is 7. The van der Waals surface area contributed by atoms with Gasteiger partial charge >= 0.3 is 0 Å². The van der Waals surface area contributed by atoms with E-state index in [1.165, 1.54) is 71.3 Å². The molecule has 49 heavy (non-hydrogen) atoms. The van der Waals surface area contributed by atoms with Crippen LogP contribution in [0.25, 0.3) is 54.6 Å². The molecule has 234 valence electrons. The lowest BCUT2D eigenvalue weighted by Crippen LogP contribution is -2.15. The van der Waals surface area contributed by atoms with Crippen LogP contribution in [0.3, 0.4) is 0 Å². The van der Waals surface area contributed by atoms with Crippen molar-refractivity contribution < 1.29 is 0 Å². The van der Waals surface area contributed by atoms with Crippen molar-refractivity contribution in [2.75, 3.05) is 5.32 Å². The molecule has 8 aromatic carbocycles. The fraction of sp³-hybridized carbons (Fsp3) is 0.0851. The lowest BCUT2D eigenvalue weighted by atomic mass is 9.82. The molecule has 0 heterocycles. The number of amidine groups is 1. The van der Waals surface area contributed by atoms with Crippen molar-refractivity contribution in [3.63, 3.8) is 0 Å². The zero-order valence-electron chi connectivity index (χ0n) is 27.7. The van der Waals surface area contributed by atoms with Crippen molar-refractivity contribution in [2.45, 2.75) is 25.8 Å². The summed E-state index contributed by atoms with van der Waals surface area (Å²) in [5.41, 5.74) is 11.2. The molecule has 0 amide bonds. The van der Waals surface area contributed by atoms with E-state index in [1.807, 2.05) is 6.07 Å². The monoisotopic (exact) mass is 628 g/mol. The van der Waals surface area contributed by atoms with E-state index in [9.17, 15) is 0 Å². The number of anilines is 1. The number of hydrogen-bond acceptors (Lipinski definition) is 1.